The molecule has 4 aromatic rings. The molecule has 0 unspecified atom stereocenters. The average molecular weight is 558 g/mol. The second-order valence-electron chi connectivity index (χ2n) is 7.96. The number of thiocarbonyl (C=S) groups is 1. The lowest BCUT2D eigenvalue weighted by molar-refractivity contribution is -0.121. The maximum absolute atomic E-state index is 13.1. The quantitative estimate of drug-likeness (QED) is 0.137. The van der Waals surface area contributed by atoms with Gasteiger partial charge < -0.3 is 4.57 Å². The predicted octanol–water partition coefficient (Wildman–Crippen LogP) is 7.96. The zero-order valence-electron chi connectivity index (χ0n) is 18.7. The molecule has 1 saturated heterocycles. The summed E-state index contributed by atoms with van der Waals surface area (Å²) in [4.78, 5) is 15.3. The lowest BCUT2D eigenvalue weighted by Crippen LogP contribution is -2.27. The van der Waals surface area contributed by atoms with Gasteiger partial charge in [0.2, 0.25) is 0 Å². The van der Waals surface area contributed by atoms with Crippen LogP contribution < -0.4 is 0 Å². The molecular weight excluding hydrogens is 536 g/mol. The standard InChI is InChI=1S/C29H21BrN2OS2/c1-2-17-31-28(33)26(35-29(31)34)19-22-18-25(20-9-5-3-6-10-20)32(24-15-13-23(30)14-16-24)27(22)21-11-7-4-8-12-21/h2-16,18-19H,1,17H2/b26-19+. The highest BCUT2D eigenvalue weighted by Gasteiger charge is 2.31. The highest BCUT2D eigenvalue weighted by atomic mass is 79.9. The minimum Gasteiger partial charge on any atom is -0.309 e. The summed E-state index contributed by atoms with van der Waals surface area (Å²) < 4.78 is 3.83. The van der Waals surface area contributed by atoms with E-state index in [1.807, 2.05) is 54.6 Å². The highest BCUT2D eigenvalue weighted by Crippen LogP contribution is 2.40. The van der Waals surface area contributed by atoms with Gasteiger partial charge >= 0.3 is 0 Å². The van der Waals surface area contributed by atoms with Crippen molar-refractivity contribution >= 4 is 56.2 Å². The molecule has 35 heavy (non-hydrogen) atoms. The number of carbonyl (C=O) groups excluding carboxylic acids is 1. The van der Waals surface area contributed by atoms with Crippen molar-refractivity contribution < 1.29 is 4.79 Å². The van der Waals surface area contributed by atoms with E-state index in [0.29, 0.717) is 15.8 Å². The van der Waals surface area contributed by atoms with Crippen LogP contribution in [0.3, 0.4) is 0 Å². The Bertz CT molecular complexity index is 1440. The molecule has 1 amide bonds. The first-order valence-electron chi connectivity index (χ1n) is 11.1. The molecule has 3 nitrogen and oxygen atoms in total. The van der Waals surface area contributed by atoms with Gasteiger partial charge in [-0.3, -0.25) is 9.69 Å². The van der Waals surface area contributed by atoms with E-state index in [1.165, 1.54) is 11.8 Å². The third kappa shape index (κ3) is 4.69. The van der Waals surface area contributed by atoms with E-state index in [4.69, 9.17) is 12.2 Å². The summed E-state index contributed by atoms with van der Waals surface area (Å²) in [5.41, 5.74) is 6.19. The monoisotopic (exact) mass is 556 g/mol. The van der Waals surface area contributed by atoms with E-state index in [2.05, 4.69) is 69.5 Å². The van der Waals surface area contributed by atoms with Gasteiger partial charge in [-0.05, 0) is 47.5 Å². The summed E-state index contributed by atoms with van der Waals surface area (Å²) >= 11 is 10.4. The molecule has 0 spiro atoms. The molecule has 1 aliphatic heterocycles. The number of halogens is 1. The van der Waals surface area contributed by atoms with Gasteiger partial charge in [-0.25, -0.2) is 0 Å². The molecule has 0 bridgehead atoms. The summed E-state index contributed by atoms with van der Waals surface area (Å²) in [5.74, 6) is -0.0865. The number of hydrogen-bond donors (Lipinski definition) is 0. The first-order chi connectivity index (χ1) is 17.1. The molecule has 1 aromatic heterocycles. The van der Waals surface area contributed by atoms with Crippen molar-refractivity contribution in [3.63, 3.8) is 0 Å². The Morgan fingerprint density at radius 1 is 0.914 bits per heavy atom. The largest absolute Gasteiger partial charge is 0.309 e. The summed E-state index contributed by atoms with van der Waals surface area (Å²) in [6.07, 6.45) is 3.66. The molecule has 0 N–H and O–H groups in total. The van der Waals surface area contributed by atoms with Gasteiger partial charge in [0, 0.05) is 22.3 Å². The number of benzene rings is 3. The van der Waals surface area contributed by atoms with Gasteiger partial charge in [0.25, 0.3) is 5.91 Å². The van der Waals surface area contributed by atoms with Crippen molar-refractivity contribution in [1.82, 2.24) is 9.47 Å². The van der Waals surface area contributed by atoms with Crippen LogP contribution in [0, 0.1) is 0 Å². The minimum absolute atomic E-state index is 0.0865. The fourth-order valence-corrected chi connectivity index (χ4v) is 5.67. The number of hydrogen-bond acceptors (Lipinski definition) is 3. The lowest BCUT2D eigenvalue weighted by Gasteiger charge is -2.15. The van der Waals surface area contributed by atoms with Crippen molar-refractivity contribution in [2.75, 3.05) is 6.54 Å². The molecule has 0 aliphatic carbocycles. The molecule has 2 heterocycles. The maximum atomic E-state index is 13.1. The van der Waals surface area contributed by atoms with E-state index < -0.39 is 0 Å². The third-order valence-electron chi connectivity index (χ3n) is 5.70. The van der Waals surface area contributed by atoms with Crippen molar-refractivity contribution in [2.24, 2.45) is 0 Å². The zero-order valence-corrected chi connectivity index (χ0v) is 21.9. The molecule has 3 aromatic carbocycles. The van der Waals surface area contributed by atoms with Gasteiger partial charge in [-0.15, -0.1) is 6.58 Å². The molecule has 172 valence electrons. The van der Waals surface area contributed by atoms with Crippen LogP contribution in [0.4, 0.5) is 0 Å². The molecule has 0 atom stereocenters. The summed E-state index contributed by atoms with van der Waals surface area (Å²) in [6, 6.07) is 31.0. The minimum atomic E-state index is -0.0865. The third-order valence-corrected chi connectivity index (χ3v) is 7.61. The van der Waals surface area contributed by atoms with Gasteiger partial charge in [0.05, 0.1) is 16.3 Å². The molecule has 0 radical (unpaired) electrons. The molecule has 5 rings (SSSR count). The number of rotatable bonds is 6. The van der Waals surface area contributed by atoms with Gasteiger partial charge in [-0.2, -0.15) is 0 Å². The normalized spacial score (nSPS) is 14.7. The van der Waals surface area contributed by atoms with Crippen LogP contribution in [-0.2, 0) is 4.79 Å². The molecule has 1 fully saturated rings. The SMILES string of the molecule is C=CCN1C(=O)/C(=C\c2cc(-c3ccccc3)n(-c3ccc(Br)cc3)c2-c2ccccc2)SC1=S. The maximum Gasteiger partial charge on any atom is 0.266 e. The van der Waals surface area contributed by atoms with Crippen molar-refractivity contribution in [3.8, 4) is 28.2 Å². The Balaban J connectivity index is 1.78. The summed E-state index contributed by atoms with van der Waals surface area (Å²) in [6.45, 7) is 4.16. The fourth-order valence-electron chi connectivity index (χ4n) is 4.14. The first-order valence-corrected chi connectivity index (χ1v) is 13.1. The van der Waals surface area contributed by atoms with Gasteiger partial charge in [0.1, 0.15) is 4.32 Å². The van der Waals surface area contributed by atoms with E-state index >= 15 is 0 Å². The summed E-state index contributed by atoms with van der Waals surface area (Å²) in [7, 11) is 0. The Hall–Kier alpha value is -3.19. The van der Waals surface area contributed by atoms with Gasteiger partial charge in [0.15, 0.2) is 0 Å². The zero-order chi connectivity index (χ0) is 24.4. The van der Waals surface area contributed by atoms with Crippen LogP contribution in [0.1, 0.15) is 5.56 Å². The number of aromatic nitrogens is 1. The van der Waals surface area contributed by atoms with E-state index in [-0.39, 0.29) is 5.91 Å². The van der Waals surface area contributed by atoms with E-state index in [0.717, 1.165) is 38.2 Å². The second-order valence-corrected chi connectivity index (χ2v) is 10.5. The lowest BCUT2D eigenvalue weighted by atomic mass is 10.1. The van der Waals surface area contributed by atoms with Crippen molar-refractivity contribution in [1.29, 1.82) is 0 Å². The Morgan fingerprint density at radius 3 is 2.17 bits per heavy atom. The molecule has 1 aliphatic rings. The van der Waals surface area contributed by atoms with Crippen LogP contribution in [0.15, 0.2) is 113 Å². The van der Waals surface area contributed by atoms with Crippen LogP contribution in [-0.4, -0.2) is 26.2 Å². The smallest absolute Gasteiger partial charge is 0.266 e. The summed E-state index contributed by atoms with van der Waals surface area (Å²) in [5, 5.41) is 0. The fraction of sp³-hybridized carbons (Fsp3) is 0.0345. The Morgan fingerprint density at radius 2 is 1.54 bits per heavy atom. The Kier molecular flexibility index (Phi) is 6.86. The second kappa shape index (κ2) is 10.2. The number of nitrogens with zero attached hydrogens (tertiary/aromatic N) is 2. The van der Waals surface area contributed by atoms with Crippen molar-refractivity contribution in [2.45, 2.75) is 0 Å². The topological polar surface area (TPSA) is 25.2 Å². The number of amides is 1. The van der Waals surface area contributed by atoms with Crippen LogP contribution in [0.25, 0.3) is 34.3 Å². The number of thioether (sulfide) groups is 1. The number of carbonyl (C=O) groups is 1. The molecular formula is C29H21BrN2OS2. The van der Waals surface area contributed by atoms with Crippen molar-refractivity contribution in [3.05, 3.63) is 119 Å². The first kappa shape index (κ1) is 23.5. The van der Waals surface area contributed by atoms with Crippen LogP contribution in [0.2, 0.25) is 0 Å². The predicted molar refractivity (Wildman–Crippen MR) is 154 cm³/mol. The van der Waals surface area contributed by atoms with Crippen LogP contribution >= 0.6 is 39.9 Å². The van der Waals surface area contributed by atoms with E-state index in [9.17, 15) is 4.79 Å². The Labute approximate surface area is 222 Å². The molecule has 6 heteroatoms. The average Bonchev–Trinajstić information content (AvgIpc) is 3.38. The van der Waals surface area contributed by atoms with Gasteiger partial charge in [-0.1, -0.05) is 107 Å². The highest BCUT2D eigenvalue weighted by molar-refractivity contribution is 9.10. The van der Waals surface area contributed by atoms with E-state index in [1.54, 1.807) is 11.0 Å². The molecule has 0 saturated carbocycles. The van der Waals surface area contributed by atoms with Crippen LogP contribution in [0.5, 0.6) is 0 Å².